The average Bonchev–Trinajstić information content (AvgIpc) is 3.11. The van der Waals surface area contributed by atoms with Gasteiger partial charge in [-0.2, -0.15) is 0 Å². The van der Waals surface area contributed by atoms with Crippen molar-refractivity contribution < 1.29 is 9.18 Å². The highest BCUT2D eigenvalue weighted by atomic mass is 32.2. The maximum atomic E-state index is 13.8. The lowest BCUT2D eigenvalue weighted by Gasteiger charge is -2.08. The second-order valence-electron chi connectivity index (χ2n) is 6.09. The van der Waals surface area contributed by atoms with E-state index in [1.54, 1.807) is 30.0 Å². The Labute approximate surface area is 177 Å². The molecule has 5 nitrogen and oxygen atoms in total. The third-order valence-electron chi connectivity index (χ3n) is 3.94. The summed E-state index contributed by atoms with van der Waals surface area (Å²) >= 11 is 2.89. The molecule has 8 heteroatoms. The monoisotopic (exact) mass is 428 g/mol. The Bertz CT molecular complexity index is 962. The van der Waals surface area contributed by atoms with E-state index in [4.69, 9.17) is 0 Å². The van der Waals surface area contributed by atoms with Gasteiger partial charge in [0.2, 0.25) is 5.91 Å². The van der Waals surface area contributed by atoms with Gasteiger partial charge in [-0.3, -0.25) is 4.79 Å². The second kappa shape index (κ2) is 10.8. The number of rotatable bonds is 10. The maximum Gasteiger partial charge on any atom is 0.234 e. The number of carbonyl (C=O) groups excluding carboxylic acids is 1. The third-order valence-corrected chi connectivity index (χ3v) is 5.89. The number of thioether (sulfide) groups is 2. The molecule has 29 heavy (non-hydrogen) atoms. The molecule has 0 unspecified atom stereocenters. The number of allylic oxidation sites excluding steroid dienone is 1. The number of nitrogens with one attached hydrogen (secondary N) is 1. The summed E-state index contributed by atoms with van der Waals surface area (Å²) in [7, 11) is 0. The number of amides is 1. The van der Waals surface area contributed by atoms with Crippen LogP contribution in [0, 0.1) is 5.82 Å². The first kappa shape index (κ1) is 21.1. The summed E-state index contributed by atoms with van der Waals surface area (Å²) in [6, 6.07) is 16.1. The van der Waals surface area contributed by atoms with Crippen LogP contribution in [0.1, 0.15) is 11.4 Å². The van der Waals surface area contributed by atoms with Gasteiger partial charge in [-0.05, 0) is 23.8 Å². The Kier molecular flexibility index (Phi) is 7.89. The van der Waals surface area contributed by atoms with E-state index in [9.17, 15) is 9.18 Å². The molecule has 0 bridgehead atoms. The van der Waals surface area contributed by atoms with Crippen LogP contribution in [0.2, 0.25) is 0 Å². The zero-order valence-corrected chi connectivity index (χ0v) is 17.4. The summed E-state index contributed by atoms with van der Waals surface area (Å²) in [6.45, 7) is 4.33. The molecule has 3 rings (SSSR count). The Morgan fingerprint density at radius 2 is 1.86 bits per heavy atom. The molecule has 0 fully saturated rings. The summed E-state index contributed by atoms with van der Waals surface area (Å²) in [4.78, 5) is 12.2. The molecule has 3 aromatic rings. The van der Waals surface area contributed by atoms with Crippen molar-refractivity contribution in [2.24, 2.45) is 0 Å². The van der Waals surface area contributed by atoms with Crippen molar-refractivity contribution in [2.75, 3.05) is 11.1 Å². The minimum Gasteiger partial charge on any atom is -0.325 e. The molecular weight excluding hydrogens is 407 g/mol. The molecule has 0 saturated carbocycles. The molecule has 1 aromatic heterocycles. The molecular formula is C21H21FN4OS2. The van der Waals surface area contributed by atoms with Gasteiger partial charge >= 0.3 is 0 Å². The minimum absolute atomic E-state index is 0.107. The number of halogens is 1. The molecule has 0 spiro atoms. The van der Waals surface area contributed by atoms with Crippen molar-refractivity contribution in [3.8, 4) is 0 Å². The summed E-state index contributed by atoms with van der Waals surface area (Å²) in [5, 5.41) is 12.0. The number of para-hydroxylation sites is 1. The number of hydrogen-bond donors (Lipinski definition) is 1. The zero-order chi connectivity index (χ0) is 20.5. The number of benzene rings is 2. The molecule has 0 radical (unpaired) electrons. The van der Waals surface area contributed by atoms with Gasteiger partial charge in [-0.25, -0.2) is 4.39 Å². The molecule has 2 aromatic carbocycles. The first-order valence-electron chi connectivity index (χ1n) is 8.99. The highest BCUT2D eigenvalue weighted by molar-refractivity contribution is 7.99. The molecule has 1 N–H and O–H groups in total. The zero-order valence-electron chi connectivity index (χ0n) is 15.8. The van der Waals surface area contributed by atoms with Gasteiger partial charge in [0, 0.05) is 18.0 Å². The number of hydrogen-bond acceptors (Lipinski definition) is 5. The maximum absolute atomic E-state index is 13.8. The topological polar surface area (TPSA) is 59.8 Å². The first-order chi connectivity index (χ1) is 14.2. The average molecular weight is 429 g/mol. The molecule has 1 heterocycles. The second-order valence-corrected chi connectivity index (χ2v) is 8.01. The SMILES string of the molecule is C=CCn1c(CSCc2ccccc2F)nnc1SCC(=O)Nc1ccccc1. The van der Waals surface area contributed by atoms with Gasteiger partial charge in [0.25, 0.3) is 0 Å². The molecule has 0 saturated heterocycles. The van der Waals surface area contributed by atoms with Gasteiger partial charge in [0.1, 0.15) is 11.6 Å². The number of aromatic nitrogens is 3. The molecule has 0 atom stereocenters. The fourth-order valence-electron chi connectivity index (χ4n) is 2.56. The Morgan fingerprint density at radius 1 is 1.10 bits per heavy atom. The predicted molar refractivity (Wildman–Crippen MR) is 117 cm³/mol. The quantitative estimate of drug-likeness (QED) is 0.372. The van der Waals surface area contributed by atoms with Gasteiger partial charge < -0.3 is 9.88 Å². The normalized spacial score (nSPS) is 10.7. The van der Waals surface area contributed by atoms with Crippen molar-refractivity contribution in [3.05, 3.63) is 84.5 Å². The molecule has 1 amide bonds. The molecule has 0 aliphatic heterocycles. The molecule has 0 aliphatic carbocycles. The van der Waals surface area contributed by atoms with E-state index < -0.39 is 0 Å². The molecule has 150 valence electrons. The Balaban J connectivity index is 1.57. The minimum atomic E-state index is -0.201. The lowest BCUT2D eigenvalue weighted by atomic mass is 10.2. The number of carbonyl (C=O) groups is 1. The van der Waals surface area contributed by atoms with Crippen LogP contribution in [0.25, 0.3) is 0 Å². The van der Waals surface area contributed by atoms with Crippen LogP contribution in [-0.4, -0.2) is 26.4 Å². The van der Waals surface area contributed by atoms with E-state index in [2.05, 4.69) is 22.1 Å². The highest BCUT2D eigenvalue weighted by Crippen LogP contribution is 2.23. The summed E-state index contributed by atoms with van der Waals surface area (Å²) in [6.07, 6.45) is 1.77. The van der Waals surface area contributed by atoms with E-state index in [1.165, 1.54) is 17.8 Å². The Hall–Kier alpha value is -2.58. The van der Waals surface area contributed by atoms with E-state index in [0.29, 0.717) is 28.8 Å². The lowest BCUT2D eigenvalue weighted by molar-refractivity contribution is -0.113. The summed E-state index contributed by atoms with van der Waals surface area (Å²) in [5.74, 6) is 1.84. The predicted octanol–water partition coefficient (Wildman–Crippen LogP) is 4.77. The van der Waals surface area contributed by atoms with E-state index in [0.717, 1.165) is 11.5 Å². The van der Waals surface area contributed by atoms with E-state index in [1.807, 2.05) is 41.0 Å². The fourth-order valence-corrected chi connectivity index (χ4v) is 4.28. The van der Waals surface area contributed by atoms with Gasteiger partial charge in [0.15, 0.2) is 5.16 Å². The van der Waals surface area contributed by atoms with Crippen molar-refractivity contribution in [2.45, 2.75) is 23.2 Å². The number of anilines is 1. The van der Waals surface area contributed by atoms with Crippen molar-refractivity contribution in [1.82, 2.24) is 14.8 Å². The highest BCUT2D eigenvalue weighted by Gasteiger charge is 2.14. The van der Waals surface area contributed by atoms with Gasteiger partial charge in [-0.1, -0.05) is 54.2 Å². The van der Waals surface area contributed by atoms with Crippen LogP contribution in [0.3, 0.4) is 0 Å². The van der Waals surface area contributed by atoms with Crippen LogP contribution >= 0.6 is 23.5 Å². The fraction of sp³-hybridized carbons (Fsp3) is 0.190. The summed E-state index contributed by atoms with van der Waals surface area (Å²) in [5.41, 5.74) is 1.43. The van der Waals surface area contributed by atoms with Crippen LogP contribution < -0.4 is 5.32 Å². The molecule has 0 aliphatic rings. The van der Waals surface area contributed by atoms with Crippen molar-refractivity contribution in [1.29, 1.82) is 0 Å². The van der Waals surface area contributed by atoms with Crippen LogP contribution in [0.4, 0.5) is 10.1 Å². The Morgan fingerprint density at radius 3 is 2.62 bits per heavy atom. The van der Waals surface area contributed by atoms with Gasteiger partial charge in [-0.15, -0.1) is 28.5 Å². The smallest absolute Gasteiger partial charge is 0.234 e. The third kappa shape index (κ3) is 6.20. The van der Waals surface area contributed by atoms with Crippen molar-refractivity contribution in [3.63, 3.8) is 0 Å². The van der Waals surface area contributed by atoms with Crippen LogP contribution in [0.15, 0.2) is 72.4 Å². The van der Waals surface area contributed by atoms with Crippen LogP contribution in [-0.2, 0) is 22.8 Å². The van der Waals surface area contributed by atoms with E-state index in [-0.39, 0.29) is 17.5 Å². The van der Waals surface area contributed by atoms with Gasteiger partial charge in [0.05, 0.1) is 11.5 Å². The first-order valence-corrected chi connectivity index (χ1v) is 11.1. The largest absolute Gasteiger partial charge is 0.325 e. The summed E-state index contributed by atoms with van der Waals surface area (Å²) < 4.78 is 15.7. The van der Waals surface area contributed by atoms with Crippen LogP contribution in [0.5, 0.6) is 0 Å². The lowest BCUT2D eigenvalue weighted by Crippen LogP contribution is -2.14. The van der Waals surface area contributed by atoms with Crippen molar-refractivity contribution >= 4 is 35.1 Å². The van der Waals surface area contributed by atoms with E-state index >= 15 is 0 Å². The standard InChI is InChI=1S/C21H21FN4OS2/c1-2-12-26-19(14-28-13-16-8-6-7-11-18(16)22)24-25-21(26)29-15-20(27)23-17-9-4-3-5-10-17/h2-11H,1,12-15H2,(H,23,27). The number of nitrogens with zero attached hydrogens (tertiary/aromatic N) is 3.